The Morgan fingerprint density at radius 1 is 1.44 bits per heavy atom. The van der Waals surface area contributed by atoms with Crippen molar-refractivity contribution in [1.29, 1.82) is 0 Å². The Balaban J connectivity index is 2.18. The molecule has 16 heavy (non-hydrogen) atoms. The maximum Gasteiger partial charge on any atom is 0.225 e. The van der Waals surface area contributed by atoms with Crippen LogP contribution in [0.25, 0.3) is 0 Å². The molecule has 2 aromatic rings. The largest absolute Gasteiger partial charge is 0.340 e. The average Bonchev–Trinajstić information content (AvgIpc) is 2.61. The second-order valence-electron chi connectivity index (χ2n) is 3.60. The quantitative estimate of drug-likeness (QED) is 0.819. The van der Waals surface area contributed by atoms with E-state index in [2.05, 4.69) is 15.2 Å². The summed E-state index contributed by atoms with van der Waals surface area (Å²) in [5.74, 6) is 0.821. The third-order valence-corrected chi connectivity index (χ3v) is 2.73. The molecule has 0 aromatic carbocycles. The number of H-pyrrole nitrogens is 1. The normalized spacial score (nSPS) is 10.4. The van der Waals surface area contributed by atoms with Crippen LogP contribution in [-0.4, -0.2) is 26.8 Å². The van der Waals surface area contributed by atoms with Crippen LogP contribution in [0, 0.1) is 4.77 Å². The van der Waals surface area contributed by atoms with Crippen molar-refractivity contribution in [3.05, 3.63) is 34.9 Å². The van der Waals surface area contributed by atoms with Gasteiger partial charge in [0.15, 0.2) is 4.77 Å². The highest BCUT2D eigenvalue weighted by Gasteiger charge is 2.08. The lowest BCUT2D eigenvalue weighted by molar-refractivity contribution is 0.800. The summed E-state index contributed by atoms with van der Waals surface area (Å²) in [6, 6.07) is 3.97. The summed E-state index contributed by atoms with van der Waals surface area (Å²) in [6.07, 6.45) is 3.57. The van der Waals surface area contributed by atoms with Gasteiger partial charge in [0, 0.05) is 33.0 Å². The minimum absolute atomic E-state index is 0.622. The van der Waals surface area contributed by atoms with Crippen molar-refractivity contribution >= 4 is 18.2 Å². The molecule has 2 heterocycles. The van der Waals surface area contributed by atoms with Crippen LogP contribution in [-0.2, 0) is 13.6 Å². The SMILES string of the molecule is CN(Cc1ccncc1)c1n[nH]c(=S)n1C. The third-order valence-electron chi connectivity index (χ3n) is 2.37. The van der Waals surface area contributed by atoms with Crippen LogP contribution < -0.4 is 4.90 Å². The van der Waals surface area contributed by atoms with E-state index in [0.29, 0.717) is 4.77 Å². The molecule has 0 bridgehead atoms. The van der Waals surface area contributed by atoms with Crippen LogP contribution in [0.5, 0.6) is 0 Å². The Kier molecular flexibility index (Phi) is 3.00. The van der Waals surface area contributed by atoms with Crippen LogP contribution in [0.3, 0.4) is 0 Å². The molecule has 0 radical (unpaired) electrons. The number of pyridine rings is 1. The van der Waals surface area contributed by atoms with Gasteiger partial charge in [-0.25, -0.2) is 5.10 Å². The summed E-state index contributed by atoms with van der Waals surface area (Å²) in [5.41, 5.74) is 1.19. The third kappa shape index (κ3) is 2.11. The monoisotopic (exact) mass is 235 g/mol. The van der Waals surface area contributed by atoms with Crippen LogP contribution in [0.15, 0.2) is 24.5 Å². The predicted octanol–water partition coefficient (Wildman–Crippen LogP) is 1.51. The molecule has 0 saturated heterocycles. The Bertz CT molecular complexity index is 516. The fourth-order valence-electron chi connectivity index (χ4n) is 1.51. The maximum atomic E-state index is 5.07. The van der Waals surface area contributed by atoms with Gasteiger partial charge in [-0.2, -0.15) is 0 Å². The van der Waals surface area contributed by atoms with Crippen molar-refractivity contribution in [2.45, 2.75) is 6.54 Å². The Morgan fingerprint density at radius 3 is 2.69 bits per heavy atom. The first-order valence-electron chi connectivity index (χ1n) is 4.90. The standard InChI is InChI=1S/C10H13N5S/c1-14(7-8-3-5-11-6-4-8)9-12-13-10(16)15(9)2/h3-6H,7H2,1-2H3,(H,13,16). The molecule has 0 amide bonds. The van der Waals surface area contributed by atoms with Gasteiger partial charge in [0.2, 0.25) is 5.95 Å². The molecule has 0 unspecified atom stereocenters. The van der Waals surface area contributed by atoms with E-state index in [1.807, 2.05) is 35.7 Å². The minimum atomic E-state index is 0.622. The highest BCUT2D eigenvalue weighted by atomic mass is 32.1. The van der Waals surface area contributed by atoms with Gasteiger partial charge >= 0.3 is 0 Å². The number of hydrogen-bond donors (Lipinski definition) is 1. The summed E-state index contributed by atoms with van der Waals surface area (Å²) in [7, 11) is 3.87. The first-order valence-corrected chi connectivity index (χ1v) is 5.31. The lowest BCUT2D eigenvalue weighted by Gasteiger charge is -2.17. The van der Waals surface area contributed by atoms with Crippen LogP contribution in [0.1, 0.15) is 5.56 Å². The molecular formula is C10H13N5S. The lowest BCUT2D eigenvalue weighted by Crippen LogP contribution is -2.20. The first kappa shape index (κ1) is 10.8. The van der Waals surface area contributed by atoms with Gasteiger partial charge in [0.05, 0.1) is 0 Å². The maximum absolute atomic E-state index is 5.07. The lowest BCUT2D eigenvalue weighted by atomic mass is 10.2. The van der Waals surface area contributed by atoms with E-state index in [1.165, 1.54) is 5.56 Å². The van der Waals surface area contributed by atoms with E-state index in [-0.39, 0.29) is 0 Å². The van der Waals surface area contributed by atoms with Crippen LogP contribution in [0.4, 0.5) is 5.95 Å². The number of aromatic amines is 1. The second-order valence-corrected chi connectivity index (χ2v) is 3.99. The highest BCUT2D eigenvalue weighted by molar-refractivity contribution is 7.71. The smallest absolute Gasteiger partial charge is 0.225 e. The number of nitrogens with zero attached hydrogens (tertiary/aromatic N) is 4. The van der Waals surface area contributed by atoms with Crippen molar-refractivity contribution in [2.24, 2.45) is 7.05 Å². The fourth-order valence-corrected chi connectivity index (χ4v) is 1.64. The van der Waals surface area contributed by atoms with Crippen molar-refractivity contribution in [2.75, 3.05) is 11.9 Å². The minimum Gasteiger partial charge on any atom is -0.340 e. The van der Waals surface area contributed by atoms with E-state index < -0.39 is 0 Å². The molecule has 0 atom stereocenters. The fraction of sp³-hybridized carbons (Fsp3) is 0.300. The molecule has 1 N–H and O–H groups in total. The van der Waals surface area contributed by atoms with Crippen molar-refractivity contribution < 1.29 is 0 Å². The van der Waals surface area contributed by atoms with Gasteiger partial charge in [0.25, 0.3) is 0 Å². The number of hydrogen-bond acceptors (Lipinski definition) is 4. The van der Waals surface area contributed by atoms with E-state index in [1.54, 1.807) is 12.4 Å². The summed E-state index contributed by atoms with van der Waals surface area (Å²) >= 11 is 5.07. The summed E-state index contributed by atoms with van der Waals surface area (Å²) < 4.78 is 2.47. The van der Waals surface area contributed by atoms with Gasteiger partial charge in [-0.15, -0.1) is 5.10 Å². The molecule has 6 heteroatoms. The number of anilines is 1. The van der Waals surface area contributed by atoms with Gasteiger partial charge in [-0.3, -0.25) is 9.55 Å². The van der Waals surface area contributed by atoms with Gasteiger partial charge < -0.3 is 4.90 Å². The molecule has 0 saturated carbocycles. The second kappa shape index (κ2) is 4.44. The van der Waals surface area contributed by atoms with Gasteiger partial charge in [-0.05, 0) is 29.9 Å². The molecule has 0 aliphatic carbocycles. The van der Waals surface area contributed by atoms with Gasteiger partial charge in [0.1, 0.15) is 0 Å². The number of aromatic nitrogens is 4. The molecule has 0 aliphatic heterocycles. The van der Waals surface area contributed by atoms with E-state index >= 15 is 0 Å². The zero-order valence-corrected chi connectivity index (χ0v) is 10.0. The average molecular weight is 235 g/mol. The van der Waals surface area contributed by atoms with Crippen molar-refractivity contribution in [1.82, 2.24) is 19.7 Å². The Labute approximate surface area is 98.7 Å². The molecule has 84 valence electrons. The molecular weight excluding hydrogens is 222 g/mol. The first-order chi connectivity index (χ1) is 7.68. The molecule has 0 spiro atoms. The van der Waals surface area contributed by atoms with Crippen LogP contribution >= 0.6 is 12.2 Å². The Hall–Kier alpha value is -1.69. The summed E-state index contributed by atoms with van der Waals surface area (Å²) in [5, 5.41) is 6.93. The number of nitrogens with one attached hydrogen (secondary N) is 1. The molecule has 0 aliphatic rings. The molecule has 0 fully saturated rings. The van der Waals surface area contributed by atoms with Crippen molar-refractivity contribution in [3.63, 3.8) is 0 Å². The zero-order valence-electron chi connectivity index (χ0n) is 9.21. The van der Waals surface area contributed by atoms with E-state index in [0.717, 1.165) is 12.5 Å². The summed E-state index contributed by atoms with van der Waals surface area (Å²) in [6.45, 7) is 0.774. The highest BCUT2D eigenvalue weighted by Crippen LogP contribution is 2.10. The zero-order chi connectivity index (χ0) is 11.5. The molecule has 2 rings (SSSR count). The van der Waals surface area contributed by atoms with Crippen molar-refractivity contribution in [3.8, 4) is 0 Å². The Morgan fingerprint density at radius 2 is 2.12 bits per heavy atom. The van der Waals surface area contributed by atoms with Crippen LogP contribution in [0.2, 0.25) is 0 Å². The van der Waals surface area contributed by atoms with E-state index in [9.17, 15) is 0 Å². The van der Waals surface area contributed by atoms with E-state index in [4.69, 9.17) is 12.2 Å². The summed E-state index contributed by atoms with van der Waals surface area (Å²) in [4.78, 5) is 6.01. The topological polar surface area (TPSA) is 49.7 Å². The van der Waals surface area contributed by atoms with Gasteiger partial charge in [-0.1, -0.05) is 0 Å². The molecule has 5 nitrogen and oxygen atoms in total. The number of rotatable bonds is 3. The molecule has 2 aromatic heterocycles. The predicted molar refractivity (Wildman–Crippen MR) is 64.7 cm³/mol.